The van der Waals surface area contributed by atoms with Crippen molar-refractivity contribution in [2.75, 3.05) is 0 Å². The quantitative estimate of drug-likeness (QED) is 0.304. The molecule has 1 aromatic carbocycles. The van der Waals surface area contributed by atoms with Gasteiger partial charge in [0.2, 0.25) is 5.78 Å². The third kappa shape index (κ3) is 4.00. The number of furan rings is 1. The first-order chi connectivity index (χ1) is 17.3. The lowest BCUT2D eigenvalue weighted by Gasteiger charge is -2.30. The van der Waals surface area contributed by atoms with Gasteiger partial charge in [-0.25, -0.2) is 4.79 Å². The Morgan fingerprint density at radius 1 is 0.861 bits per heavy atom. The molecule has 0 aliphatic carbocycles. The minimum atomic E-state index is -1.23. The number of nitrogens with zero attached hydrogens (tertiary/aromatic N) is 1. The van der Waals surface area contributed by atoms with Crippen LogP contribution in [0.4, 0.5) is 0 Å². The zero-order chi connectivity index (χ0) is 25.6. The standard InChI is InChI=1S/C28H25NO5S2/c1-15-11-13-35-25(15)21-20(24(30)19-10-9-17(3)34-19)22(26-16(2)12-14-36-26)29(23(21)28(32)33)27(31)18-7-5-4-6-8-18/h4-14,20-23H,1-3H3,(H,32,33). The number of carbonyl (C=O) groups excluding carboxylic acids is 2. The summed E-state index contributed by atoms with van der Waals surface area (Å²) in [5, 5.41) is 14.4. The number of rotatable bonds is 6. The predicted molar refractivity (Wildman–Crippen MR) is 139 cm³/mol. The van der Waals surface area contributed by atoms with Crippen LogP contribution in [-0.4, -0.2) is 33.7 Å². The zero-order valence-electron chi connectivity index (χ0n) is 20.0. The van der Waals surface area contributed by atoms with Crippen LogP contribution in [0.3, 0.4) is 0 Å². The molecule has 5 rings (SSSR count). The highest BCUT2D eigenvalue weighted by atomic mass is 32.1. The predicted octanol–water partition coefficient (Wildman–Crippen LogP) is 6.26. The molecule has 1 aliphatic heterocycles. The van der Waals surface area contributed by atoms with E-state index in [-0.39, 0.29) is 11.5 Å². The lowest BCUT2D eigenvalue weighted by atomic mass is 9.80. The van der Waals surface area contributed by atoms with Gasteiger partial charge < -0.3 is 14.4 Å². The normalized spacial score (nSPS) is 21.6. The van der Waals surface area contributed by atoms with Gasteiger partial charge in [-0.2, -0.15) is 0 Å². The van der Waals surface area contributed by atoms with Crippen LogP contribution < -0.4 is 0 Å². The van der Waals surface area contributed by atoms with E-state index in [9.17, 15) is 19.5 Å². The van der Waals surface area contributed by atoms with Crippen LogP contribution in [0, 0.1) is 26.7 Å². The number of ketones is 1. The summed E-state index contributed by atoms with van der Waals surface area (Å²) in [5.41, 5.74) is 2.20. The Labute approximate surface area is 216 Å². The van der Waals surface area contributed by atoms with Crippen LogP contribution >= 0.6 is 22.7 Å². The Morgan fingerprint density at radius 2 is 1.50 bits per heavy atom. The van der Waals surface area contributed by atoms with E-state index in [0.29, 0.717) is 11.3 Å². The van der Waals surface area contributed by atoms with Gasteiger partial charge in [0, 0.05) is 21.2 Å². The average molecular weight is 520 g/mol. The summed E-state index contributed by atoms with van der Waals surface area (Å²) in [5.74, 6) is -2.65. The van der Waals surface area contributed by atoms with Crippen molar-refractivity contribution in [3.8, 4) is 0 Å². The summed E-state index contributed by atoms with van der Waals surface area (Å²) in [6.07, 6.45) is 0. The summed E-state index contributed by atoms with van der Waals surface area (Å²) >= 11 is 2.86. The van der Waals surface area contributed by atoms with Crippen LogP contribution in [0.15, 0.2) is 69.8 Å². The van der Waals surface area contributed by atoms with E-state index in [1.807, 2.05) is 36.7 Å². The number of aliphatic carboxylic acids is 1. The highest BCUT2D eigenvalue weighted by molar-refractivity contribution is 7.10. The molecule has 4 atom stereocenters. The number of hydrogen-bond donors (Lipinski definition) is 1. The van der Waals surface area contributed by atoms with Crippen molar-refractivity contribution < 1.29 is 23.9 Å². The number of thiophene rings is 2. The van der Waals surface area contributed by atoms with Gasteiger partial charge >= 0.3 is 5.97 Å². The van der Waals surface area contributed by atoms with Crippen molar-refractivity contribution in [3.05, 3.63) is 103 Å². The number of carboxylic acids is 1. The van der Waals surface area contributed by atoms with Gasteiger partial charge in [-0.3, -0.25) is 9.59 Å². The summed E-state index contributed by atoms with van der Waals surface area (Å²) in [6, 6.07) is 13.9. The highest BCUT2D eigenvalue weighted by Crippen LogP contribution is 2.54. The molecule has 1 amide bonds. The molecule has 1 fully saturated rings. The van der Waals surface area contributed by atoms with Crippen molar-refractivity contribution in [3.63, 3.8) is 0 Å². The van der Waals surface area contributed by atoms with Gasteiger partial charge in [0.25, 0.3) is 5.91 Å². The molecule has 0 saturated carbocycles. The molecule has 4 unspecified atom stereocenters. The van der Waals surface area contributed by atoms with Gasteiger partial charge in [-0.15, -0.1) is 22.7 Å². The smallest absolute Gasteiger partial charge is 0.327 e. The molecule has 3 aromatic heterocycles. The van der Waals surface area contributed by atoms with Crippen molar-refractivity contribution in [1.29, 1.82) is 0 Å². The van der Waals surface area contributed by atoms with Gasteiger partial charge in [-0.05, 0) is 79.1 Å². The lowest BCUT2D eigenvalue weighted by molar-refractivity contribution is -0.142. The molecule has 4 heterocycles. The number of likely N-dealkylation sites (tertiary alicyclic amines) is 1. The highest BCUT2D eigenvalue weighted by Gasteiger charge is 2.59. The molecule has 0 bridgehead atoms. The number of amides is 1. The second-order valence-corrected chi connectivity index (χ2v) is 11.0. The molecular weight excluding hydrogens is 494 g/mol. The number of hydrogen-bond acceptors (Lipinski definition) is 6. The fourth-order valence-electron chi connectivity index (χ4n) is 5.21. The topological polar surface area (TPSA) is 87.8 Å². The number of carboxylic acid groups (broad SMARTS) is 1. The molecule has 1 N–H and O–H groups in total. The molecule has 0 radical (unpaired) electrons. The van der Waals surface area contributed by atoms with Gasteiger partial charge in [0.05, 0.1) is 12.0 Å². The first-order valence-corrected chi connectivity index (χ1v) is 13.3. The number of aryl methyl sites for hydroxylation is 3. The summed E-state index contributed by atoms with van der Waals surface area (Å²) in [7, 11) is 0. The van der Waals surface area contributed by atoms with E-state index >= 15 is 0 Å². The van der Waals surface area contributed by atoms with Gasteiger partial charge in [0.15, 0.2) is 5.76 Å². The van der Waals surface area contributed by atoms with E-state index < -0.39 is 35.8 Å². The second-order valence-electron chi connectivity index (χ2n) is 9.07. The monoisotopic (exact) mass is 519 g/mol. The Balaban J connectivity index is 1.78. The molecule has 184 valence electrons. The molecule has 36 heavy (non-hydrogen) atoms. The second kappa shape index (κ2) is 9.52. The Kier molecular flexibility index (Phi) is 6.40. The number of benzene rings is 1. The summed E-state index contributed by atoms with van der Waals surface area (Å²) in [6.45, 7) is 5.60. The van der Waals surface area contributed by atoms with Crippen molar-refractivity contribution in [1.82, 2.24) is 4.90 Å². The van der Waals surface area contributed by atoms with E-state index in [2.05, 4.69) is 0 Å². The Morgan fingerprint density at radius 3 is 2.03 bits per heavy atom. The third-order valence-corrected chi connectivity index (χ3v) is 9.05. The van der Waals surface area contributed by atoms with Crippen LogP contribution in [0.2, 0.25) is 0 Å². The minimum absolute atomic E-state index is 0.175. The van der Waals surface area contributed by atoms with E-state index in [1.54, 1.807) is 49.4 Å². The van der Waals surface area contributed by atoms with Crippen LogP contribution in [0.5, 0.6) is 0 Å². The molecule has 8 heteroatoms. The largest absolute Gasteiger partial charge is 0.480 e. The van der Waals surface area contributed by atoms with Crippen LogP contribution in [0.1, 0.15) is 59.5 Å². The average Bonchev–Trinajstić information content (AvgIpc) is 3.64. The van der Waals surface area contributed by atoms with Crippen LogP contribution in [0.25, 0.3) is 0 Å². The molecule has 4 aromatic rings. The maximum absolute atomic E-state index is 14.2. The minimum Gasteiger partial charge on any atom is -0.480 e. The number of carbonyl (C=O) groups is 3. The third-order valence-electron chi connectivity index (χ3n) is 6.84. The van der Waals surface area contributed by atoms with Crippen LogP contribution in [-0.2, 0) is 4.79 Å². The van der Waals surface area contributed by atoms with Crippen molar-refractivity contribution >= 4 is 40.3 Å². The molecule has 6 nitrogen and oxygen atoms in total. The fourth-order valence-corrected chi connectivity index (χ4v) is 7.39. The Bertz CT molecular complexity index is 1430. The SMILES string of the molecule is Cc1ccc(C(=O)C2C(c3sccc3C)C(C(=O)O)N(C(=O)c3ccccc3)C2c2sccc2C)o1. The van der Waals surface area contributed by atoms with E-state index in [4.69, 9.17) is 4.42 Å². The first-order valence-electron chi connectivity index (χ1n) is 11.6. The molecule has 0 spiro atoms. The lowest BCUT2D eigenvalue weighted by Crippen LogP contribution is -2.43. The van der Waals surface area contributed by atoms with Gasteiger partial charge in [0.1, 0.15) is 11.8 Å². The van der Waals surface area contributed by atoms with Crippen molar-refractivity contribution in [2.45, 2.75) is 38.8 Å². The Hall–Kier alpha value is -3.49. The summed E-state index contributed by atoms with van der Waals surface area (Å²) < 4.78 is 5.73. The zero-order valence-corrected chi connectivity index (χ0v) is 21.6. The van der Waals surface area contributed by atoms with E-state index in [1.165, 1.54) is 27.6 Å². The molecular formula is C28H25NO5S2. The first kappa shape index (κ1) is 24.2. The maximum Gasteiger partial charge on any atom is 0.327 e. The van der Waals surface area contributed by atoms with Gasteiger partial charge in [-0.1, -0.05) is 18.2 Å². The summed E-state index contributed by atoms with van der Waals surface area (Å²) in [4.78, 5) is 44.2. The maximum atomic E-state index is 14.2. The van der Waals surface area contributed by atoms with E-state index in [0.717, 1.165) is 20.9 Å². The molecule has 1 aliphatic rings. The number of Topliss-reactive ketones (excluding diaryl/α,β-unsaturated/α-hetero) is 1. The van der Waals surface area contributed by atoms with Crippen molar-refractivity contribution in [2.24, 2.45) is 5.92 Å². The fraction of sp³-hybridized carbons (Fsp3) is 0.250. The molecule has 1 saturated heterocycles.